The van der Waals surface area contributed by atoms with Crippen molar-refractivity contribution in [2.75, 3.05) is 0 Å². The third kappa shape index (κ3) is 2.27. The van der Waals surface area contributed by atoms with Crippen molar-refractivity contribution in [1.29, 1.82) is 0 Å². The fourth-order valence-corrected chi connectivity index (χ4v) is 4.08. The topological polar surface area (TPSA) is 35.1 Å². The van der Waals surface area contributed by atoms with Crippen molar-refractivity contribution in [1.82, 2.24) is 19.2 Å². The van der Waals surface area contributed by atoms with E-state index in [9.17, 15) is 0 Å². The summed E-state index contributed by atoms with van der Waals surface area (Å²) in [6.45, 7) is 2.83. The molecule has 4 heterocycles. The van der Waals surface area contributed by atoms with E-state index < -0.39 is 0 Å². The van der Waals surface area contributed by atoms with E-state index in [1.807, 2.05) is 13.0 Å². The van der Waals surface area contributed by atoms with Gasteiger partial charge in [0.2, 0.25) is 0 Å². The molecule has 25 heavy (non-hydrogen) atoms. The molecule has 0 radical (unpaired) electrons. The largest absolute Gasteiger partial charge is 0.335 e. The van der Waals surface area contributed by atoms with Gasteiger partial charge in [-0.3, -0.25) is 4.40 Å². The van der Waals surface area contributed by atoms with E-state index in [1.165, 1.54) is 22.3 Å². The Labute approximate surface area is 149 Å². The van der Waals surface area contributed by atoms with Crippen LogP contribution in [0.3, 0.4) is 0 Å². The first-order valence-corrected chi connectivity index (χ1v) is 9.16. The number of hydrogen-bond donors (Lipinski definition) is 0. The van der Waals surface area contributed by atoms with Gasteiger partial charge in [0.25, 0.3) is 0 Å². The average Bonchev–Trinajstić information content (AvgIpc) is 3.35. The number of pyridine rings is 1. The van der Waals surface area contributed by atoms with E-state index in [4.69, 9.17) is 0 Å². The quantitative estimate of drug-likeness (QED) is 0.472. The molecule has 4 aromatic heterocycles. The first-order valence-electron chi connectivity index (χ1n) is 8.22. The molecule has 0 unspecified atom stereocenters. The Morgan fingerprint density at radius 3 is 2.64 bits per heavy atom. The van der Waals surface area contributed by atoms with Crippen LogP contribution in [-0.4, -0.2) is 19.2 Å². The van der Waals surface area contributed by atoms with Gasteiger partial charge in [-0.2, -0.15) is 11.3 Å². The third-order valence-corrected chi connectivity index (χ3v) is 5.28. The lowest BCUT2D eigenvalue weighted by Crippen LogP contribution is -2.01. The number of hydrogen-bond acceptors (Lipinski definition) is 3. The number of aromatic nitrogens is 4. The van der Waals surface area contributed by atoms with Crippen molar-refractivity contribution in [2.45, 2.75) is 13.5 Å². The Hall–Kier alpha value is -2.92. The number of aryl methyl sites for hydroxylation is 1. The molecule has 5 aromatic rings. The van der Waals surface area contributed by atoms with Crippen LogP contribution >= 0.6 is 11.3 Å². The smallest absolute Gasteiger partial charge is 0.161 e. The number of nitrogens with zero attached hydrogens (tertiary/aromatic N) is 4. The summed E-state index contributed by atoms with van der Waals surface area (Å²) in [5.41, 5.74) is 6.99. The molecule has 0 aliphatic rings. The summed E-state index contributed by atoms with van der Waals surface area (Å²) in [5, 5.41) is 12.8. The normalized spacial score (nSPS) is 11.6. The minimum Gasteiger partial charge on any atom is -0.335 e. The number of rotatable bonds is 3. The van der Waals surface area contributed by atoms with Gasteiger partial charge in [0, 0.05) is 17.5 Å². The maximum atomic E-state index is 4.26. The minimum absolute atomic E-state index is 0.836. The van der Waals surface area contributed by atoms with Crippen LogP contribution in [0.1, 0.15) is 11.4 Å². The summed E-state index contributed by atoms with van der Waals surface area (Å²) in [5.74, 6) is 0.911. The maximum absolute atomic E-state index is 4.26. The van der Waals surface area contributed by atoms with Crippen molar-refractivity contribution in [2.24, 2.45) is 0 Å². The Balaban J connectivity index is 1.82. The van der Waals surface area contributed by atoms with Gasteiger partial charge in [-0.25, -0.2) is 0 Å². The van der Waals surface area contributed by atoms with E-state index in [0.717, 1.165) is 23.5 Å². The summed E-state index contributed by atoms with van der Waals surface area (Å²) in [6.07, 6.45) is 0. The van der Waals surface area contributed by atoms with Crippen LogP contribution in [0.15, 0.2) is 65.4 Å². The molecule has 0 aliphatic heterocycles. The van der Waals surface area contributed by atoms with Crippen LogP contribution in [0.4, 0.5) is 0 Å². The van der Waals surface area contributed by atoms with Crippen LogP contribution in [0.5, 0.6) is 0 Å². The average molecular weight is 344 g/mol. The van der Waals surface area contributed by atoms with Crippen molar-refractivity contribution >= 4 is 28.0 Å². The predicted octanol–water partition coefficient (Wildman–Crippen LogP) is 4.77. The molecule has 0 amide bonds. The lowest BCUT2D eigenvalue weighted by molar-refractivity contribution is 0.844. The van der Waals surface area contributed by atoms with E-state index in [0.29, 0.717) is 0 Å². The highest BCUT2D eigenvalue weighted by molar-refractivity contribution is 7.08. The highest BCUT2D eigenvalue weighted by Crippen LogP contribution is 2.31. The summed E-state index contributed by atoms with van der Waals surface area (Å²) < 4.78 is 4.51. The third-order valence-electron chi connectivity index (χ3n) is 4.60. The van der Waals surface area contributed by atoms with Crippen molar-refractivity contribution < 1.29 is 0 Å². The van der Waals surface area contributed by atoms with Crippen LogP contribution in [0, 0.1) is 6.92 Å². The van der Waals surface area contributed by atoms with E-state index in [1.54, 1.807) is 11.3 Å². The lowest BCUT2D eigenvalue weighted by Gasteiger charge is -2.10. The second kappa shape index (κ2) is 5.57. The Morgan fingerprint density at radius 1 is 0.960 bits per heavy atom. The van der Waals surface area contributed by atoms with Gasteiger partial charge in [0.1, 0.15) is 5.82 Å². The number of benzene rings is 1. The zero-order valence-electron chi connectivity index (χ0n) is 13.8. The molecule has 5 heteroatoms. The predicted molar refractivity (Wildman–Crippen MR) is 102 cm³/mol. The summed E-state index contributed by atoms with van der Waals surface area (Å²) in [7, 11) is 0. The molecule has 0 N–H and O–H groups in total. The second-order valence-electron chi connectivity index (χ2n) is 6.16. The first kappa shape index (κ1) is 14.4. The second-order valence-corrected chi connectivity index (χ2v) is 6.94. The van der Waals surface area contributed by atoms with Gasteiger partial charge in [-0.05, 0) is 42.1 Å². The fraction of sp³-hybridized carbons (Fsp3) is 0.100. The van der Waals surface area contributed by atoms with Gasteiger partial charge >= 0.3 is 0 Å². The van der Waals surface area contributed by atoms with Gasteiger partial charge in [0.05, 0.1) is 16.7 Å². The van der Waals surface area contributed by atoms with E-state index >= 15 is 0 Å². The Morgan fingerprint density at radius 2 is 1.84 bits per heavy atom. The number of thiophene rings is 1. The summed E-state index contributed by atoms with van der Waals surface area (Å²) in [6, 6.07) is 19.2. The van der Waals surface area contributed by atoms with Crippen LogP contribution in [0.2, 0.25) is 0 Å². The molecule has 4 nitrogen and oxygen atoms in total. The maximum Gasteiger partial charge on any atom is 0.161 e. The molecule has 122 valence electrons. The highest BCUT2D eigenvalue weighted by Gasteiger charge is 2.15. The molecule has 0 bridgehead atoms. The first-order chi connectivity index (χ1) is 12.3. The number of fused-ring (bicyclic) bond motifs is 3. The van der Waals surface area contributed by atoms with Gasteiger partial charge in [-0.15, -0.1) is 10.2 Å². The van der Waals surface area contributed by atoms with Crippen molar-refractivity contribution in [3.05, 3.63) is 76.7 Å². The fourth-order valence-electron chi connectivity index (χ4n) is 3.43. The summed E-state index contributed by atoms with van der Waals surface area (Å²) in [4.78, 5) is 0. The molecule has 5 rings (SSSR count). The van der Waals surface area contributed by atoms with Gasteiger partial charge in [-0.1, -0.05) is 30.3 Å². The van der Waals surface area contributed by atoms with Crippen molar-refractivity contribution in [3.8, 4) is 11.3 Å². The molecule has 0 atom stereocenters. The molecule has 0 saturated carbocycles. The standard InChI is InChI=1S/C20H16N4S/c1-14-21-22-20-8-7-17-19(24(14)20)11-18(16-9-10-25-13-16)23(17)12-15-5-3-2-4-6-15/h2-11,13H,12H2,1H3. The van der Waals surface area contributed by atoms with E-state index in [2.05, 4.69) is 78.5 Å². The molecule has 0 spiro atoms. The molecular weight excluding hydrogens is 328 g/mol. The SMILES string of the molecule is Cc1nnc2ccc3c(cc(-c4ccsc4)n3Cc3ccccc3)n12. The van der Waals surface area contributed by atoms with Gasteiger partial charge < -0.3 is 4.57 Å². The van der Waals surface area contributed by atoms with Gasteiger partial charge in [0.15, 0.2) is 5.65 Å². The van der Waals surface area contributed by atoms with Crippen LogP contribution < -0.4 is 0 Å². The Bertz CT molecular complexity index is 1170. The molecule has 0 fully saturated rings. The molecule has 0 aliphatic carbocycles. The van der Waals surface area contributed by atoms with Crippen molar-refractivity contribution in [3.63, 3.8) is 0 Å². The molecule has 0 saturated heterocycles. The minimum atomic E-state index is 0.836. The van der Waals surface area contributed by atoms with Crippen LogP contribution in [0.25, 0.3) is 27.9 Å². The lowest BCUT2D eigenvalue weighted by atomic mass is 10.2. The molecule has 1 aromatic carbocycles. The molecular formula is C20H16N4S. The zero-order chi connectivity index (χ0) is 16.8. The monoisotopic (exact) mass is 344 g/mol. The Kier molecular flexibility index (Phi) is 3.21. The zero-order valence-corrected chi connectivity index (χ0v) is 14.6. The van der Waals surface area contributed by atoms with E-state index in [-0.39, 0.29) is 0 Å². The van der Waals surface area contributed by atoms with Crippen LogP contribution in [-0.2, 0) is 6.54 Å². The summed E-state index contributed by atoms with van der Waals surface area (Å²) >= 11 is 1.72. The highest BCUT2D eigenvalue weighted by atomic mass is 32.1.